The fraction of sp³-hybridized carbons (Fsp3) is 0.316. The molecule has 1 aliphatic heterocycles. The Bertz CT molecular complexity index is 707. The summed E-state index contributed by atoms with van der Waals surface area (Å²) in [6.45, 7) is 5.74. The van der Waals surface area contributed by atoms with E-state index in [0.29, 0.717) is 0 Å². The van der Waals surface area contributed by atoms with E-state index in [2.05, 4.69) is 75.3 Å². The highest BCUT2D eigenvalue weighted by molar-refractivity contribution is 7.10. The molecule has 0 aliphatic carbocycles. The molecule has 2 heterocycles. The van der Waals surface area contributed by atoms with Gasteiger partial charge in [0.05, 0.1) is 6.54 Å². The highest BCUT2D eigenvalue weighted by Crippen LogP contribution is 2.17. The van der Waals surface area contributed by atoms with E-state index in [9.17, 15) is 0 Å². The number of thiophene rings is 1. The second-order valence-electron chi connectivity index (χ2n) is 5.85. The molecule has 0 atom stereocenters. The van der Waals surface area contributed by atoms with Crippen LogP contribution in [0.3, 0.4) is 0 Å². The summed E-state index contributed by atoms with van der Waals surface area (Å²) in [5, 5.41) is 8.87. The van der Waals surface area contributed by atoms with Crippen molar-refractivity contribution in [3.8, 4) is 0 Å². The molecule has 0 bridgehead atoms. The van der Waals surface area contributed by atoms with Gasteiger partial charge in [-0.15, -0.1) is 11.3 Å². The van der Waals surface area contributed by atoms with Crippen molar-refractivity contribution in [1.29, 1.82) is 0 Å². The Morgan fingerprint density at radius 2 is 1.79 bits per heavy atom. The second kappa shape index (κ2) is 8.02. The highest BCUT2D eigenvalue weighted by atomic mass is 32.1. The van der Waals surface area contributed by atoms with Crippen molar-refractivity contribution < 1.29 is 0 Å². The Morgan fingerprint density at radius 3 is 2.42 bits per heavy atom. The van der Waals surface area contributed by atoms with Crippen molar-refractivity contribution >= 4 is 23.0 Å². The molecule has 4 nitrogen and oxygen atoms in total. The predicted molar refractivity (Wildman–Crippen MR) is 104 cm³/mol. The van der Waals surface area contributed by atoms with Crippen LogP contribution >= 0.6 is 11.3 Å². The Kier molecular flexibility index (Phi) is 5.54. The number of rotatable bonds is 5. The van der Waals surface area contributed by atoms with Crippen molar-refractivity contribution in [3.63, 3.8) is 0 Å². The summed E-state index contributed by atoms with van der Waals surface area (Å²) in [6, 6.07) is 10.9. The Morgan fingerprint density at radius 1 is 1.08 bits per heavy atom. The molecule has 126 valence electrons. The Labute approximate surface area is 147 Å². The summed E-state index contributed by atoms with van der Waals surface area (Å²) in [7, 11) is 1.81. The van der Waals surface area contributed by atoms with E-state index < -0.39 is 0 Å². The molecule has 0 amide bonds. The minimum Gasteiger partial charge on any atom is -0.364 e. The van der Waals surface area contributed by atoms with Gasteiger partial charge in [-0.1, -0.05) is 24.3 Å². The Hall–Kier alpha value is -2.27. The number of nitrogens with one attached hydrogen (secondary N) is 2. The lowest BCUT2D eigenvalue weighted by Gasteiger charge is -2.18. The predicted octanol–water partition coefficient (Wildman–Crippen LogP) is 3.30. The van der Waals surface area contributed by atoms with Gasteiger partial charge in [-0.3, -0.25) is 4.99 Å². The quantitative estimate of drug-likeness (QED) is 0.498. The van der Waals surface area contributed by atoms with Crippen LogP contribution in [0.2, 0.25) is 0 Å². The summed E-state index contributed by atoms with van der Waals surface area (Å²) in [5.74, 6) is 0.829. The van der Waals surface area contributed by atoms with E-state index in [1.807, 2.05) is 0 Å². The first-order valence-electron chi connectivity index (χ1n) is 8.22. The van der Waals surface area contributed by atoms with Crippen molar-refractivity contribution in [1.82, 2.24) is 10.6 Å². The number of hydrogen-bond donors (Lipinski definition) is 2. The van der Waals surface area contributed by atoms with Gasteiger partial charge in [0, 0.05) is 37.2 Å². The summed E-state index contributed by atoms with van der Waals surface area (Å²) in [5.41, 5.74) is 3.86. The molecule has 0 unspecified atom stereocenters. The lowest BCUT2D eigenvalue weighted by Crippen LogP contribution is -2.36. The molecule has 2 aromatic rings. The molecule has 5 heteroatoms. The summed E-state index contributed by atoms with van der Waals surface area (Å²) < 4.78 is 0. The number of anilines is 1. The van der Waals surface area contributed by atoms with Crippen LogP contribution in [0.5, 0.6) is 0 Å². The Balaban J connectivity index is 1.49. The van der Waals surface area contributed by atoms with Gasteiger partial charge < -0.3 is 15.5 Å². The number of benzene rings is 1. The van der Waals surface area contributed by atoms with Crippen LogP contribution in [-0.4, -0.2) is 26.1 Å². The van der Waals surface area contributed by atoms with Gasteiger partial charge in [-0.2, -0.15) is 0 Å². The van der Waals surface area contributed by atoms with Crippen LogP contribution in [0.15, 0.2) is 52.9 Å². The van der Waals surface area contributed by atoms with Gasteiger partial charge in [0.1, 0.15) is 0 Å². The van der Waals surface area contributed by atoms with Crippen LogP contribution < -0.4 is 15.5 Å². The molecule has 1 aliphatic rings. The topological polar surface area (TPSA) is 39.7 Å². The first-order chi connectivity index (χ1) is 11.8. The SMILES string of the molecule is CN=C(NCc1ccc(N2CC=CC2)cc1)NCc1sccc1C. The molecule has 24 heavy (non-hydrogen) atoms. The fourth-order valence-corrected chi connectivity index (χ4v) is 3.51. The largest absolute Gasteiger partial charge is 0.364 e. The summed E-state index contributed by atoms with van der Waals surface area (Å²) in [6.07, 6.45) is 4.42. The van der Waals surface area contributed by atoms with Crippen LogP contribution in [-0.2, 0) is 13.1 Å². The van der Waals surface area contributed by atoms with Crippen molar-refractivity contribution in [3.05, 3.63) is 63.9 Å². The van der Waals surface area contributed by atoms with Gasteiger partial charge in [-0.25, -0.2) is 0 Å². The maximum atomic E-state index is 4.30. The minimum atomic E-state index is 0.766. The van der Waals surface area contributed by atoms with Crippen LogP contribution in [0, 0.1) is 6.92 Å². The third kappa shape index (κ3) is 4.17. The number of hydrogen-bond acceptors (Lipinski definition) is 3. The van der Waals surface area contributed by atoms with Gasteiger partial charge >= 0.3 is 0 Å². The second-order valence-corrected chi connectivity index (χ2v) is 6.85. The minimum absolute atomic E-state index is 0.766. The molecule has 1 aromatic heterocycles. The third-order valence-corrected chi connectivity index (χ3v) is 5.21. The molecule has 0 spiro atoms. The molecule has 0 saturated heterocycles. The van der Waals surface area contributed by atoms with E-state index in [1.54, 1.807) is 18.4 Å². The van der Waals surface area contributed by atoms with Crippen LogP contribution in [0.25, 0.3) is 0 Å². The summed E-state index contributed by atoms with van der Waals surface area (Å²) >= 11 is 1.78. The molecule has 1 aromatic carbocycles. The van der Waals surface area contributed by atoms with E-state index in [-0.39, 0.29) is 0 Å². The number of aryl methyl sites for hydroxylation is 1. The summed E-state index contributed by atoms with van der Waals surface area (Å²) in [4.78, 5) is 7.99. The van der Waals surface area contributed by atoms with Crippen LogP contribution in [0.4, 0.5) is 5.69 Å². The molecule has 2 N–H and O–H groups in total. The fourth-order valence-electron chi connectivity index (χ4n) is 2.67. The van der Waals surface area contributed by atoms with Gasteiger partial charge in [0.15, 0.2) is 5.96 Å². The zero-order chi connectivity index (χ0) is 16.8. The van der Waals surface area contributed by atoms with Crippen LogP contribution in [0.1, 0.15) is 16.0 Å². The number of nitrogens with zero attached hydrogens (tertiary/aromatic N) is 2. The van der Waals surface area contributed by atoms with Crippen molar-refractivity contribution in [2.45, 2.75) is 20.0 Å². The molecule has 0 fully saturated rings. The first kappa shape index (κ1) is 16.6. The average molecular weight is 340 g/mol. The molecule has 3 rings (SSSR count). The maximum Gasteiger partial charge on any atom is 0.191 e. The maximum absolute atomic E-state index is 4.30. The zero-order valence-corrected chi connectivity index (χ0v) is 15.1. The molecule has 0 saturated carbocycles. The van der Waals surface area contributed by atoms with E-state index >= 15 is 0 Å². The third-order valence-electron chi connectivity index (χ3n) is 4.19. The van der Waals surface area contributed by atoms with Gasteiger partial charge in [0.2, 0.25) is 0 Å². The lowest BCUT2D eigenvalue weighted by atomic mass is 10.2. The van der Waals surface area contributed by atoms with Crippen molar-refractivity contribution in [2.24, 2.45) is 4.99 Å². The van der Waals surface area contributed by atoms with E-state index in [0.717, 1.165) is 32.1 Å². The average Bonchev–Trinajstić information content (AvgIpc) is 3.28. The smallest absolute Gasteiger partial charge is 0.191 e. The van der Waals surface area contributed by atoms with E-state index in [1.165, 1.54) is 21.7 Å². The van der Waals surface area contributed by atoms with E-state index in [4.69, 9.17) is 0 Å². The number of guanidine groups is 1. The first-order valence-corrected chi connectivity index (χ1v) is 9.10. The van der Waals surface area contributed by atoms with Crippen molar-refractivity contribution in [2.75, 3.05) is 25.0 Å². The molecular formula is C19H24N4S. The molecular weight excluding hydrogens is 316 g/mol. The van der Waals surface area contributed by atoms with Gasteiger partial charge in [0.25, 0.3) is 0 Å². The lowest BCUT2D eigenvalue weighted by molar-refractivity contribution is 0.813. The van der Waals surface area contributed by atoms with Gasteiger partial charge in [-0.05, 0) is 41.6 Å². The zero-order valence-electron chi connectivity index (χ0n) is 14.2. The normalized spacial score (nSPS) is 14.2. The standard InChI is InChI=1S/C19H24N4S/c1-15-9-12-24-18(15)14-22-19(20-2)21-13-16-5-7-17(8-6-16)23-10-3-4-11-23/h3-9,12H,10-11,13-14H2,1-2H3,(H2,20,21,22). The number of aliphatic imine (C=N–C) groups is 1. The highest BCUT2D eigenvalue weighted by Gasteiger charge is 2.07. The molecule has 0 radical (unpaired) electrons. The monoisotopic (exact) mass is 340 g/mol.